The standard InChI is InChI=1S/C19H27F2N5O.HI/c1-22-17(27)11-26-8-6-12(7-9-26)24-19(23-2)25-16-10-13(16)18-14(20)4-3-5-15(18)21;/h3-5,12-13,16H,6-11H2,1-2H3,(H,22,27)(H2,23,24,25);1H. The second kappa shape index (κ2) is 10.3. The van der Waals surface area contributed by atoms with Crippen molar-refractivity contribution < 1.29 is 13.6 Å². The van der Waals surface area contributed by atoms with Gasteiger partial charge in [0.1, 0.15) is 11.6 Å². The molecule has 1 heterocycles. The lowest BCUT2D eigenvalue weighted by molar-refractivity contribution is -0.122. The minimum absolute atomic E-state index is 0. The van der Waals surface area contributed by atoms with E-state index in [1.54, 1.807) is 14.1 Å². The third kappa shape index (κ3) is 5.76. The number of aliphatic imine (C=N–C) groups is 1. The molecule has 2 unspecified atom stereocenters. The van der Waals surface area contributed by atoms with Crippen LogP contribution in [0.3, 0.4) is 0 Å². The molecule has 1 saturated carbocycles. The monoisotopic (exact) mass is 507 g/mol. The Morgan fingerprint density at radius 3 is 2.43 bits per heavy atom. The first kappa shape index (κ1) is 22.8. The summed E-state index contributed by atoms with van der Waals surface area (Å²) in [7, 11) is 3.34. The molecular weight excluding hydrogens is 479 g/mol. The van der Waals surface area contributed by atoms with Gasteiger partial charge in [0.15, 0.2) is 5.96 Å². The molecular formula is C19H28F2IN5O. The van der Waals surface area contributed by atoms with Gasteiger partial charge in [-0.2, -0.15) is 0 Å². The SMILES string of the molecule is CN=C(NC1CCN(CC(=O)NC)CC1)NC1CC1c1c(F)cccc1F.I. The number of likely N-dealkylation sites (tertiary alicyclic amines) is 1. The second-order valence-electron chi connectivity index (χ2n) is 7.17. The van der Waals surface area contributed by atoms with Crippen molar-refractivity contribution in [2.75, 3.05) is 33.7 Å². The van der Waals surface area contributed by atoms with Crippen LogP contribution in [0.2, 0.25) is 0 Å². The van der Waals surface area contributed by atoms with Gasteiger partial charge >= 0.3 is 0 Å². The summed E-state index contributed by atoms with van der Waals surface area (Å²) in [5.41, 5.74) is 0.160. The highest BCUT2D eigenvalue weighted by molar-refractivity contribution is 14.0. The van der Waals surface area contributed by atoms with E-state index in [0.717, 1.165) is 25.9 Å². The van der Waals surface area contributed by atoms with Crippen LogP contribution in [0.25, 0.3) is 0 Å². The van der Waals surface area contributed by atoms with Gasteiger partial charge in [0.25, 0.3) is 0 Å². The highest BCUT2D eigenvalue weighted by atomic mass is 127. The molecule has 9 heteroatoms. The summed E-state index contributed by atoms with van der Waals surface area (Å²) in [6, 6.07) is 4.23. The van der Waals surface area contributed by atoms with E-state index < -0.39 is 11.6 Å². The van der Waals surface area contributed by atoms with Crippen LogP contribution in [-0.2, 0) is 4.79 Å². The molecule has 0 spiro atoms. The van der Waals surface area contributed by atoms with Crippen molar-refractivity contribution in [1.82, 2.24) is 20.9 Å². The number of piperidine rings is 1. The lowest BCUT2D eigenvalue weighted by Crippen LogP contribution is -2.50. The normalized spacial score (nSPS) is 22.9. The minimum Gasteiger partial charge on any atom is -0.358 e. The lowest BCUT2D eigenvalue weighted by Gasteiger charge is -2.32. The van der Waals surface area contributed by atoms with Gasteiger partial charge in [0.2, 0.25) is 5.91 Å². The highest BCUT2D eigenvalue weighted by Gasteiger charge is 2.42. The fourth-order valence-electron chi connectivity index (χ4n) is 3.60. The van der Waals surface area contributed by atoms with Crippen LogP contribution in [-0.4, -0.2) is 62.6 Å². The zero-order valence-electron chi connectivity index (χ0n) is 16.2. The molecule has 6 nitrogen and oxygen atoms in total. The number of guanidine groups is 1. The Bertz CT molecular complexity index is 689. The van der Waals surface area contributed by atoms with Crippen molar-refractivity contribution in [3.8, 4) is 0 Å². The fourth-order valence-corrected chi connectivity index (χ4v) is 3.60. The number of likely N-dealkylation sites (N-methyl/N-ethyl adjacent to an activating group) is 1. The van der Waals surface area contributed by atoms with E-state index in [1.807, 2.05) is 0 Å². The molecule has 156 valence electrons. The maximum Gasteiger partial charge on any atom is 0.233 e. The smallest absolute Gasteiger partial charge is 0.233 e. The molecule has 0 bridgehead atoms. The van der Waals surface area contributed by atoms with E-state index in [4.69, 9.17) is 0 Å². The molecule has 3 rings (SSSR count). The quantitative estimate of drug-likeness (QED) is 0.323. The first-order chi connectivity index (χ1) is 13.0. The predicted molar refractivity (Wildman–Crippen MR) is 116 cm³/mol. The molecule has 2 aliphatic rings. The summed E-state index contributed by atoms with van der Waals surface area (Å²) in [5, 5.41) is 9.30. The largest absolute Gasteiger partial charge is 0.358 e. The molecule has 1 aromatic rings. The Labute approximate surface area is 181 Å². The summed E-state index contributed by atoms with van der Waals surface area (Å²) < 4.78 is 27.8. The Balaban J connectivity index is 0.00000280. The van der Waals surface area contributed by atoms with Crippen molar-refractivity contribution in [3.05, 3.63) is 35.4 Å². The number of hydrogen-bond acceptors (Lipinski definition) is 3. The molecule has 1 aliphatic heterocycles. The van der Waals surface area contributed by atoms with E-state index in [2.05, 4.69) is 25.8 Å². The maximum atomic E-state index is 13.9. The summed E-state index contributed by atoms with van der Waals surface area (Å²) in [6.07, 6.45) is 2.50. The number of nitrogens with zero attached hydrogens (tertiary/aromatic N) is 2. The molecule has 1 saturated heterocycles. The number of amides is 1. The number of halogens is 3. The van der Waals surface area contributed by atoms with Crippen LogP contribution < -0.4 is 16.0 Å². The highest BCUT2D eigenvalue weighted by Crippen LogP contribution is 2.43. The Morgan fingerprint density at radius 1 is 1.21 bits per heavy atom. The van der Waals surface area contributed by atoms with Gasteiger partial charge in [-0.3, -0.25) is 14.7 Å². The number of carbonyl (C=O) groups excluding carboxylic acids is 1. The molecule has 2 atom stereocenters. The first-order valence-electron chi connectivity index (χ1n) is 9.38. The van der Waals surface area contributed by atoms with E-state index >= 15 is 0 Å². The third-order valence-electron chi connectivity index (χ3n) is 5.28. The number of carbonyl (C=O) groups is 1. The van der Waals surface area contributed by atoms with Crippen molar-refractivity contribution in [3.63, 3.8) is 0 Å². The Morgan fingerprint density at radius 2 is 1.86 bits per heavy atom. The molecule has 1 aliphatic carbocycles. The molecule has 28 heavy (non-hydrogen) atoms. The first-order valence-corrected chi connectivity index (χ1v) is 9.38. The predicted octanol–water partition coefficient (Wildman–Crippen LogP) is 1.81. The van der Waals surface area contributed by atoms with Gasteiger partial charge in [-0.05, 0) is 31.4 Å². The zero-order chi connectivity index (χ0) is 19.4. The van der Waals surface area contributed by atoms with Crippen molar-refractivity contribution in [2.45, 2.75) is 37.3 Å². The van der Waals surface area contributed by atoms with Gasteiger partial charge in [-0.25, -0.2) is 8.78 Å². The third-order valence-corrected chi connectivity index (χ3v) is 5.28. The molecule has 0 aromatic heterocycles. The molecule has 2 fully saturated rings. The van der Waals surface area contributed by atoms with Gasteiger partial charge in [-0.15, -0.1) is 24.0 Å². The van der Waals surface area contributed by atoms with Crippen LogP contribution in [0.1, 0.15) is 30.7 Å². The fraction of sp³-hybridized carbons (Fsp3) is 0.579. The Kier molecular flexibility index (Phi) is 8.41. The van der Waals surface area contributed by atoms with Crippen molar-refractivity contribution in [2.24, 2.45) is 4.99 Å². The topological polar surface area (TPSA) is 68.8 Å². The average molecular weight is 507 g/mol. The van der Waals surface area contributed by atoms with Gasteiger partial charge in [0, 0.05) is 50.7 Å². The van der Waals surface area contributed by atoms with Crippen LogP contribution in [0.4, 0.5) is 8.78 Å². The van der Waals surface area contributed by atoms with E-state index in [1.165, 1.54) is 18.2 Å². The van der Waals surface area contributed by atoms with Gasteiger partial charge in [0.05, 0.1) is 6.54 Å². The van der Waals surface area contributed by atoms with Crippen LogP contribution in [0, 0.1) is 11.6 Å². The van der Waals surface area contributed by atoms with E-state index in [9.17, 15) is 13.6 Å². The van der Waals surface area contributed by atoms with Gasteiger partial charge < -0.3 is 16.0 Å². The van der Waals surface area contributed by atoms with Crippen LogP contribution >= 0.6 is 24.0 Å². The summed E-state index contributed by atoms with van der Waals surface area (Å²) in [5.74, 6) is -0.464. The van der Waals surface area contributed by atoms with Crippen molar-refractivity contribution >= 4 is 35.8 Å². The van der Waals surface area contributed by atoms with E-state index in [0.29, 0.717) is 18.9 Å². The number of rotatable bonds is 5. The number of nitrogens with one attached hydrogen (secondary N) is 3. The summed E-state index contributed by atoms with van der Waals surface area (Å²) in [6.45, 7) is 2.11. The molecule has 3 N–H and O–H groups in total. The second-order valence-corrected chi connectivity index (χ2v) is 7.17. The molecule has 1 aromatic carbocycles. The number of benzene rings is 1. The van der Waals surface area contributed by atoms with Crippen LogP contribution in [0.5, 0.6) is 0 Å². The van der Waals surface area contributed by atoms with Crippen LogP contribution in [0.15, 0.2) is 23.2 Å². The molecule has 1 amide bonds. The van der Waals surface area contributed by atoms with Crippen molar-refractivity contribution in [1.29, 1.82) is 0 Å². The Hall–Kier alpha value is -1.49. The van der Waals surface area contributed by atoms with E-state index in [-0.39, 0.29) is 53.4 Å². The zero-order valence-corrected chi connectivity index (χ0v) is 18.5. The minimum atomic E-state index is -0.490. The average Bonchev–Trinajstić information content (AvgIpc) is 3.41. The van der Waals surface area contributed by atoms with Gasteiger partial charge in [-0.1, -0.05) is 6.07 Å². The summed E-state index contributed by atoms with van der Waals surface area (Å²) in [4.78, 5) is 17.8. The summed E-state index contributed by atoms with van der Waals surface area (Å²) >= 11 is 0. The molecule has 0 radical (unpaired) electrons. The maximum absolute atomic E-state index is 13.9. The number of hydrogen-bond donors (Lipinski definition) is 3. The lowest BCUT2D eigenvalue weighted by atomic mass is 10.1.